The molecule has 1 saturated heterocycles. The summed E-state index contributed by atoms with van der Waals surface area (Å²) in [4.78, 5) is 0. The van der Waals surface area contributed by atoms with Crippen molar-refractivity contribution in [1.82, 2.24) is 15.1 Å². The first-order chi connectivity index (χ1) is 8.69. The third-order valence-electron chi connectivity index (χ3n) is 4.08. The summed E-state index contributed by atoms with van der Waals surface area (Å²) in [6.45, 7) is 6.28. The van der Waals surface area contributed by atoms with Crippen molar-refractivity contribution in [2.75, 3.05) is 13.1 Å². The molecule has 102 valence electrons. The molecular weight excluding hydrogens is 226 g/mol. The zero-order valence-corrected chi connectivity index (χ0v) is 11.7. The van der Waals surface area contributed by atoms with Crippen LogP contribution in [-0.2, 0) is 19.9 Å². The van der Waals surface area contributed by atoms with Gasteiger partial charge in [0, 0.05) is 18.3 Å². The van der Waals surface area contributed by atoms with Gasteiger partial charge in [0.15, 0.2) is 0 Å². The number of aliphatic hydroxyl groups is 1. The second-order valence-electron chi connectivity index (χ2n) is 5.17. The highest BCUT2D eigenvalue weighted by molar-refractivity contribution is 5.29. The Labute approximate surface area is 109 Å². The van der Waals surface area contributed by atoms with E-state index in [4.69, 9.17) is 0 Å². The molecule has 1 unspecified atom stereocenters. The summed E-state index contributed by atoms with van der Waals surface area (Å²) >= 11 is 0. The molecule has 0 spiro atoms. The number of nitrogens with zero attached hydrogens (tertiary/aromatic N) is 2. The maximum absolute atomic E-state index is 10.7. The number of nitrogens with one attached hydrogen (secondary N) is 1. The summed E-state index contributed by atoms with van der Waals surface area (Å²) in [5, 5.41) is 18.6. The number of aryl methyl sites for hydroxylation is 2. The van der Waals surface area contributed by atoms with Crippen LogP contribution in [0.3, 0.4) is 0 Å². The molecule has 1 aliphatic heterocycles. The molecule has 1 aliphatic rings. The zero-order valence-electron chi connectivity index (χ0n) is 11.7. The second kappa shape index (κ2) is 5.85. The van der Waals surface area contributed by atoms with Crippen molar-refractivity contribution in [1.29, 1.82) is 0 Å². The summed E-state index contributed by atoms with van der Waals surface area (Å²) in [6, 6.07) is 0. The van der Waals surface area contributed by atoms with E-state index in [1.807, 2.05) is 11.7 Å². The van der Waals surface area contributed by atoms with E-state index < -0.39 is 0 Å². The Morgan fingerprint density at radius 1 is 1.33 bits per heavy atom. The van der Waals surface area contributed by atoms with Gasteiger partial charge in [-0.25, -0.2) is 0 Å². The quantitative estimate of drug-likeness (QED) is 0.854. The predicted octanol–water partition coefficient (Wildman–Crippen LogP) is 1.58. The molecule has 1 aromatic heterocycles. The van der Waals surface area contributed by atoms with Gasteiger partial charge in [-0.05, 0) is 44.7 Å². The van der Waals surface area contributed by atoms with Crippen molar-refractivity contribution in [3.63, 3.8) is 0 Å². The summed E-state index contributed by atoms with van der Waals surface area (Å²) in [5.74, 6) is 0.381. The van der Waals surface area contributed by atoms with Gasteiger partial charge < -0.3 is 10.4 Å². The monoisotopic (exact) mass is 251 g/mol. The molecule has 2 rings (SSSR count). The lowest BCUT2D eigenvalue weighted by atomic mass is 9.86. The maximum atomic E-state index is 10.7. The van der Waals surface area contributed by atoms with Crippen LogP contribution in [-0.4, -0.2) is 28.0 Å². The van der Waals surface area contributed by atoms with Crippen LogP contribution < -0.4 is 5.32 Å². The van der Waals surface area contributed by atoms with Crippen molar-refractivity contribution in [2.45, 2.75) is 45.6 Å². The molecule has 2 N–H and O–H groups in total. The van der Waals surface area contributed by atoms with Crippen LogP contribution in [0, 0.1) is 5.92 Å². The van der Waals surface area contributed by atoms with Gasteiger partial charge in [0.1, 0.15) is 0 Å². The molecule has 0 bridgehead atoms. The Morgan fingerprint density at radius 2 is 2.00 bits per heavy atom. The smallest absolute Gasteiger partial charge is 0.0855 e. The largest absolute Gasteiger partial charge is 0.388 e. The van der Waals surface area contributed by atoms with E-state index in [1.54, 1.807) is 0 Å². The van der Waals surface area contributed by atoms with Crippen molar-refractivity contribution >= 4 is 0 Å². The van der Waals surface area contributed by atoms with Crippen LogP contribution in [0.5, 0.6) is 0 Å². The highest BCUT2D eigenvalue weighted by atomic mass is 16.3. The Kier molecular flexibility index (Phi) is 4.40. The maximum Gasteiger partial charge on any atom is 0.0855 e. The molecule has 1 aromatic rings. The van der Waals surface area contributed by atoms with Gasteiger partial charge in [0.25, 0.3) is 0 Å². The van der Waals surface area contributed by atoms with Crippen LogP contribution in [0.25, 0.3) is 0 Å². The average Bonchev–Trinajstić information content (AvgIpc) is 2.74. The van der Waals surface area contributed by atoms with Crippen molar-refractivity contribution in [2.24, 2.45) is 13.0 Å². The molecule has 1 atom stereocenters. The predicted molar refractivity (Wildman–Crippen MR) is 72.5 cm³/mol. The van der Waals surface area contributed by atoms with Gasteiger partial charge in [0.2, 0.25) is 0 Å². The van der Waals surface area contributed by atoms with Gasteiger partial charge in [-0.1, -0.05) is 13.8 Å². The lowest BCUT2D eigenvalue weighted by Crippen LogP contribution is -2.31. The number of aliphatic hydroxyl groups excluding tert-OH is 1. The van der Waals surface area contributed by atoms with Gasteiger partial charge in [0.05, 0.1) is 11.8 Å². The summed E-state index contributed by atoms with van der Waals surface area (Å²) < 4.78 is 1.94. The number of hydrogen-bond acceptors (Lipinski definition) is 3. The zero-order chi connectivity index (χ0) is 13.1. The third kappa shape index (κ3) is 2.45. The Hall–Kier alpha value is -0.870. The fraction of sp³-hybridized carbons (Fsp3) is 0.786. The van der Waals surface area contributed by atoms with E-state index in [-0.39, 0.29) is 6.10 Å². The highest BCUT2D eigenvalue weighted by Gasteiger charge is 2.28. The van der Waals surface area contributed by atoms with E-state index in [0.29, 0.717) is 5.92 Å². The molecule has 0 radical (unpaired) electrons. The fourth-order valence-electron chi connectivity index (χ4n) is 3.05. The van der Waals surface area contributed by atoms with Crippen LogP contribution in [0.4, 0.5) is 0 Å². The minimum atomic E-state index is -0.342. The van der Waals surface area contributed by atoms with E-state index in [1.165, 1.54) is 5.69 Å². The molecule has 4 nitrogen and oxygen atoms in total. The van der Waals surface area contributed by atoms with Crippen molar-refractivity contribution in [3.05, 3.63) is 17.0 Å². The number of hydrogen-bond donors (Lipinski definition) is 2. The third-order valence-corrected chi connectivity index (χ3v) is 4.08. The lowest BCUT2D eigenvalue weighted by molar-refractivity contribution is 0.0873. The molecule has 0 saturated carbocycles. The standard InChI is InChI=1S/C14H25N3O/c1-4-11-13(12(5-2)17(3)16-11)14(18)10-6-8-15-9-7-10/h10,14-15,18H,4-9H2,1-3H3. The number of piperidine rings is 1. The van der Waals surface area contributed by atoms with Gasteiger partial charge >= 0.3 is 0 Å². The van der Waals surface area contributed by atoms with E-state index in [2.05, 4.69) is 24.3 Å². The van der Waals surface area contributed by atoms with Gasteiger partial charge in [-0.2, -0.15) is 5.10 Å². The molecule has 0 aromatic carbocycles. The molecule has 0 amide bonds. The minimum Gasteiger partial charge on any atom is -0.388 e. The first kappa shape index (κ1) is 13.6. The first-order valence-corrected chi connectivity index (χ1v) is 7.12. The first-order valence-electron chi connectivity index (χ1n) is 7.12. The summed E-state index contributed by atoms with van der Waals surface area (Å²) in [7, 11) is 1.98. The van der Waals surface area contributed by atoms with Gasteiger partial charge in [-0.3, -0.25) is 4.68 Å². The summed E-state index contributed by atoms with van der Waals surface area (Å²) in [5.41, 5.74) is 3.37. The topological polar surface area (TPSA) is 50.1 Å². The van der Waals surface area contributed by atoms with Crippen LogP contribution in [0.15, 0.2) is 0 Å². The Morgan fingerprint density at radius 3 is 2.56 bits per heavy atom. The van der Waals surface area contributed by atoms with Crippen LogP contribution in [0.1, 0.15) is 49.7 Å². The van der Waals surface area contributed by atoms with Crippen molar-refractivity contribution < 1.29 is 5.11 Å². The molecule has 4 heteroatoms. The SMILES string of the molecule is CCc1nn(C)c(CC)c1C(O)C1CCNCC1. The van der Waals surface area contributed by atoms with E-state index >= 15 is 0 Å². The van der Waals surface area contributed by atoms with Crippen LogP contribution in [0.2, 0.25) is 0 Å². The van der Waals surface area contributed by atoms with E-state index in [0.717, 1.165) is 50.0 Å². The second-order valence-corrected chi connectivity index (χ2v) is 5.17. The summed E-state index contributed by atoms with van der Waals surface area (Å²) in [6.07, 6.45) is 3.60. The molecule has 0 aliphatic carbocycles. The number of rotatable bonds is 4. The number of aromatic nitrogens is 2. The molecule has 2 heterocycles. The van der Waals surface area contributed by atoms with Crippen molar-refractivity contribution in [3.8, 4) is 0 Å². The lowest BCUT2D eigenvalue weighted by Gasteiger charge is -2.28. The molecule has 1 fully saturated rings. The fourth-order valence-corrected chi connectivity index (χ4v) is 3.05. The molecule has 18 heavy (non-hydrogen) atoms. The normalized spacial score (nSPS) is 19.1. The van der Waals surface area contributed by atoms with Gasteiger partial charge in [-0.15, -0.1) is 0 Å². The Bertz CT molecular complexity index is 394. The van der Waals surface area contributed by atoms with E-state index in [9.17, 15) is 5.11 Å². The molecular formula is C14H25N3O. The average molecular weight is 251 g/mol. The minimum absolute atomic E-state index is 0.342. The highest BCUT2D eigenvalue weighted by Crippen LogP contribution is 2.33. The van der Waals surface area contributed by atoms with Crippen LogP contribution >= 0.6 is 0 Å². The Balaban J connectivity index is 2.29.